The first-order valence-corrected chi connectivity index (χ1v) is 11.0. The second kappa shape index (κ2) is 8.36. The summed E-state index contributed by atoms with van der Waals surface area (Å²) >= 11 is 1.59. The molecule has 0 aliphatic carbocycles. The number of H-pyrrole nitrogens is 1. The van der Waals surface area contributed by atoms with Crippen LogP contribution in [0.2, 0.25) is 0 Å². The van der Waals surface area contributed by atoms with Gasteiger partial charge in [0.1, 0.15) is 0 Å². The Balaban J connectivity index is 1.43. The van der Waals surface area contributed by atoms with Gasteiger partial charge in [0.2, 0.25) is 11.7 Å². The smallest absolute Gasteiger partial charge is 0.312 e. The van der Waals surface area contributed by atoms with E-state index in [1.54, 1.807) is 29.8 Å². The van der Waals surface area contributed by atoms with E-state index in [0.29, 0.717) is 5.56 Å². The Kier molecular flexibility index (Phi) is 5.63. The molecule has 2 heterocycles. The van der Waals surface area contributed by atoms with Crippen LogP contribution in [0.5, 0.6) is 0 Å². The fraction of sp³-hybridized carbons (Fsp3) is 0.261. The number of Topliss-reactive ketones (excluding diaryl/α,β-unsaturated/α-hetero) is 1. The number of hydrogen-bond acceptors (Lipinski definition) is 5. The number of nitrogens with one attached hydrogen (secondary N) is 1. The van der Waals surface area contributed by atoms with Crippen molar-refractivity contribution in [3.63, 3.8) is 0 Å². The van der Waals surface area contributed by atoms with E-state index >= 15 is 0 Å². The van der Waals surface area contributed by atoms with Crippen molar-refractivity contribution in [2.75, 3.05) is 17.7 Å². The zero-order chi connectivity index (χ0) is 21.3. The number of thioether (sulfide) groups is 1. The Labute approximate surface area is 178 Å². The Morgan fingerprint density at radius 1 is 1.20 bits per heavy atom. The summed E-state index contributed by atoms with van der Waals surface area (Å²) in [6, 6.07) is 15.1. The number of anilines is 1. The number of amides is 1. The Bertz CT molecular complexity index is 1120. The number of aromatic nitrogens is 1. The van der Waals surface area contributed by atoms with Gasteiger partial charge in [-0.15, -0.1) is 11.8 Å². The molecule has 30 heavy (non-hydrogen) atoms. The number of carbonyl (C=O) groups is 3. The van der Waals surface area contributed by atoms with Crippen LogP contribution >= 0.6 is 11.8 Å². The molecule has 1 amide bonds. The van der Waals surface area contributed by atoms with Crippen LogP contribution in [0, 0.1) is 5.92 Å². The molecule has 3 aromatic rings. The lowest BCUT2D eigenvalue weighted by Gasteiger charge is -2.18. The standard InChI is InChI=1S/C23H22N2O4S/c1-14(22(27)19-12-24-20-9-4-3-8-18(19)20)29-23(28)15-10-21(26)25(13-15)16-6-5-7-17(11-16)30-2/h3-9,11-12,14-15,24H,10,13H2,1-2H3/t14-,15-/m0/s1. The van der Waals surface area contributed by atoms with Crippen molar-refractivity contribution in [3.8, 4) is 0 Å². The number of ether oxygens (including phenoxy) is 1. The third-order valence-electron chi connectivity index (χ3n) is 5.34. The van der Waals surface area contributed by atoms with E-state index in [1.807, 2.05) is 54.8 Å². The van der Waals surface area contributed by atoms with E-state index in [1.165, 1.54) is 0 Å². The molecule has 1 saturated heterocycles. The largest absolute Gasteiger partial charge is 0.454 e. The minimum absolute atomic E-state index is 0.0797. The van der Waals surface area contributed by atoms with E-state index in [0.717, 1.165) is 21.5 Å². The Morgan fingerprint density at radius 3 is 2.80 bits per heavy atom. The van der Waals surface area contributed by atoms with Gasteiger partial charge >= 0.3 is 5.97 Å². The molecule has 1 aliphatic rings. The third kappa shape index (κ3) is 3.85. The highest BCUT2D eigenvalue weighted by molar-refractivity contribution is 7.98. The second-order valence-electron chi connectivity index (χ2n) is 7.30. The van der Waals surface area contributed by atoms with Gasteiger partial charge in [-0.1, -0.05) is 24.3 Å². The molecule has 154 valence electrons. The van der Waals surface area contributed by atoms with Crippen molar-refractivity contribution in [2.24, 2.45) is 5.92 Å². The Hall–Kier alpha value is -3.06. The van der Waals surface area contributed by atoms with Crippen LogP contribution in [0.25, 0.3) is 10.9 Å². The lowest BCUT2D eigenvalue weighted by atomic mass is 10.1. The lowest BCUT2D eigenvalue weighted by molar-refractivity contribution is -0.151. The summed E-state index contributed by atoms with van der Waals surface area (Å²) in [5, 5.41) is 0.793. The fourth-order valence-corrected chi connectivity index (χ4v) is 4.16. The van der Waals surface area contributed by atoms with Crippen LogP contribution in [-0.2, 0) is 14.3 Å². The predicted octanol–water partition coefficient (Wildman–Crippen LogP) is 4.06. The fourth-order valence-electron chi connectivity index (χ4n) is 3.71. The van der Waals surface area contributed by atoms with Gasteiger partial charge in [-0.05, 0) is 37.4 Å². The molecule has 0 radical (unpaired) electrons. The molecule has 1 aliphatic heterocycles. The molecule has 1 N–H and O–H groups in total. The van der Waals surface area contributed by atoms with Crippen LogP contribution in [0.3, 0.4) is 0 Å². The molecule has 1 fully saturated rings. The zero-order valence-electron chi connectivity index (χ0n) is 16.8. The summed E-state index contributed by atoms with van der Waals surface area (Å²) in [6.07, 6.45) is 2.76. The number of hydrogen-bond donors (Lipinski definition) is 1. The minimum Gasteiger partial charge on any atom is -0.454 e. The molecule has 0 unspecified atom stereocenters. The van der Waals surface area contributed by atoms with Crippen molar-refractivity contribution in [3.05, 3.63) is 60.3 Å². The summed E-state index contributed by atoms with van der Waals surface area (Å²) in [5.41, 5.74) is 2.11. The average molecular weight is 423 g/mol. The molecule has 0 spiro atoms. The quantitative estimate of drug-likeness (QED) is 0.368. The number of esters is 1. The van der Waals surface area contributed by atoms with Gasteiger partial charge < -0.3 is 14.6 Å². The first kappa shape index (κ1) is 20.2. The molecule has 4 rings (SSSR count). The van der Waals surface area contributed by atoms with Crippen LogP contribution in [0.1, 0.15) is 23.7 Å². The van der Waals surface area contributed by atoms with Gasteiger partial charge in [0, 0.05) is 46.2 Å². The first-order valence-electron chi connectivity index (χ1n) is 9.73. The molecule has 2 aromatic carbocycles. The topological polar surface area (TPSA) is 79.5 Å². The lowest BCUT2D eigenvalue weighted by Crippen LogP contribution is -2.30. The third-order valence-corrected chi connectivity index (χ3v) is 6.07. The zero-order valence-corrected chi connectivity index (χ0v) is 17.6. The van der Waals surface area contributed by atoms with Gasteiger partial charge in [0.15, 0.2) is 6.10 Å². The summed E-state index contributed by atoms with van der Waals surface area (Å²) in [6.45, 7) is 1.82. The number of ketones is 1. The number of nitrogens with zero attached hydrogens (tertiary/aromatic N) is 1. The number of para-hydroxylation sites is 1. The SMILES string of the molecule is CSc1cccc(N2C[C@@H](C(=O)O[C@@H](C)C(=O)c3c[nH]c4ccccc34)CC2=O)c1. The maximum absolute atomic E-state index is 12.8. The summed E-state index contributed by atoms with van der Waals surface area (Å²) in [4.78, 5) is 43.7. The molecule has 2 atom stereocenters. The molecule has 0 saturated carbocycles. The average Bonchev–Trinajstić information content (AvgIpc) is 3.37. The number of fused-ring (bicyclic) bond motifs is 1. The van der Waals surface area contributed by atoms with E-state index in [4.69, 9.17) is 4.74 Å². The maximum Gasteiger partial charge on any atom is 0.312 e. The minimum atomic E-state index is -0.930. The first-order chi connectivity index (χ1) is 14.5. The van der Waals surface area contributed by atoms with Crippen LogP contribution in [0.15, 0.2) is 59.6 Å². The highest BCUT2D eigenvalue weighted by Gasteiger charge is 2.37. The van der Waals surface area contributed by atoms with E-state index in [-0.39, 0.29) is 24.7 Å². The van der Waals surface area contributed by atoms with Gasteiger partial charge in [0.25, 0.3) is 0 Å². The van der Waals surface area contributed by atoms with Crippen molar-refractivity contribution in [1.29, 1.82) is 0 Å². The van der Waals surface area contributed by atoms with Crippen molar-refractivity contribution in [1.82, 2.24) is 4.98 Å². The van der Waals surface area contributed by atoms with Gasteiger partial charge in [-0.2, -0.15) is 0 Å². The van der Waals surface area contributed by atoms with Crippen molar-refractivity contribution in [2.45, 2.75) is 24.3 Å². The summed E-state index contributed by atoms with van der Waals surface area (Å²) < 4.78 is 5.46. The molecule has 0 bridgehead atoms. The number of aromatic amines is 1. The van der Waals surface area contributed by atoms with Crippen molar-refractivity contribution < 1.29 is 19.1 Å². The Morgan fingerprint density at radius 2 is 2.00 bits per heavy atom. The molecular formula is C23H22N2O4S. The predicted molar refractivity (Wildman–Crippen MR) is 117 cm³/mol. The van der Waals surface area contributed by atoms with E-state index in [2.05, 4.69) is 4.98 Å². The van der Waals surface area contributed by atoms with Gasteiger partial charge in [-0.3, -0.25) is 14.4 Å². The molecule has 6 nitrogen and oxygen atoms in total. The van der Waals surface area contributed by atoms with Crippen LogP contribution in [0.4, 0.5) is 5.69 Å². The summed E-state index contributed by atoms with van der Waals surface area (Å²) in [7, 11) is 0. The van der Waals surface area contributed by atoms with Crippen LogP contribution < -0.4 is 4.90 Å². The van der Waals surface area contributed by atoms with Gasteiger partial charge in [0.05, 0.1) is 5.92 Å². The molecule has 1 aromatic heterocycles. The highest BCUT2D eigenvalue weighted by Crippen LogP contribution is 2.29. The number of benzene rings is 2. The second-order valence-corrected chi connectivity index (χ2v) is 8.18. The monoisotopic (exact) mass is 422 g/mol. The maximum atomic E-state index is 12.8. The number of rotatable bonds is 6. The van der Waals surface area contributed by atoms with Crippen molar-refractivity contribution >= 4 is 46.0 Å². The van der Waals surface area contributed by atoms with Gasteiger partial charge in [-0.25, -0.2) is 0 Å². The normalized spacial score (nSPS) is 17.3. The molecule has 7 heteroatoms. The molecular weight excluding hydrogens is 400 g/mol. The van der Waals surface area contributed by atoms with Crippen LogP contribution in [-0.4, -0.2) is 41.5 Å². The highest BCUT2D eigenvalue weighted by atomic mass is 32.2. The number of carbonyl (C=O) groups excluding carboxylic acids is 3. The van der Waals surface area contributed by atoms with E-state index < -0.39 is 18.0 Å². The van der Waals surface area contributed by atoms with E-state index in [9.17, 15) is 14.4 Å². The summed E-state index contributed by atoms with van der Waals surface area (Å²) in [5.74, 6) is -1.50.